The van der Waals surface area contributed by atoms with Crippen LogP contribution in [0.25, 0.3) is 0 Å². The molecule has 2 N–H and O–H groups in total. The Kier molecular flexibility index (Phi) is 4.57. The number of carbonyl (C=O) groups excluding carboxylic acids is 1. The van der Waals surface area contributed by atoms with Gasteiger partial charge in [0.15, 0.2) is 9.84 Å². The number of aromatic nitrogens is 1. The Labute approximate surface area is 201 Å². The number of fused-ring (bicyclic) bond motifs is 2. The van der Waals surface area contributed by atoms with Crippen LogP contribution in [0.2, 0.25) is 0 Å². The molecule has 0 spiro atoms. The van der Waals surface area contributed by atoms with Crippen LogP contribution in [-0.2, 0) is 9.84 Å². The van der Waals surface area contributed by atoms with Crippen molar-refractivity contribution in [2.45, 2.75) is 87.2 Å². The summed E-state index contributed by atoms with van der Waals surface area (Å²) in [4.78, 5) is 20.0. The highest BCUT2D eigenvalue weighted by molar-refractivity contribution is 7.91. The molecule has 6 bridgehead atoms. The molecular formula is C26H35N3O4S. The van der Waals surface area contributed by atoms with E-state index in [0.29, 0.717) is 29.4 Å². The van der Waals surface area contributed by atoms with Crippen molar-refractivity contribution in [2.75, 3.05) is 29.9 Å². The number of nitrogens with one attached hydrogen (secondary N) is 1. The van der Waals surface area contributed by atoms with Gasteiger partial charge in [-0.05, 0) is 99.0 Å². The lowest BCUT2D eigenvalue weighted by molar-refractivity contribution is -0.127. The third kappa shape index (κ3) is 3.34. The number of anilines is 1. The van der Waals surface area contributed by atoms with Gasteiger partial charge < -0.3 is 15.3 Å². The van der Waals surface area contributed by atoms with E-state index in [0.717, 1.165) is 69.0 Å². The lowest BCUT2D eigenvalue weighted by atomic mass is 9.51. The summed E-state index contributed by atoms with van der Waals surface area (Å²) in [6.45, 7) is 0.520. The first-order chi connectivity index (χ1) is 16.2. The average Bonchev–Trinajstić information content (AvgIpc) is 2.77. The van der Waals surface area contributed by atoms with Crippen LogP contribution in [0.4, 0.5) is 5.69 Å². The standard InChI is InChI=1S/C26H35N3O4S/c30-24(29-5-7-34(32,33)8-6-29)23-22-19-3-1-18(2-4-19)21(22)20(14-27-23)28-25-10-16-9-17(11-25)13-26(31,12-16)15-25/h14,16-19,28,31H,1-13,15H2. The molecule has 0 radical (unpaired) electrons. The molecular weight excluding hydrogens is 450 g/mol. The van der Waals surface area contributed by atoms with E-state index in [1.54, 1.807) is 4.90 Å². The summed E-state index contributed by atoms with van der Waals surface area (Å²) in [7, 11) is -3.04. The van der Waals surface area contributed by atoms with Crippen LogP contribution >= 0.6 is 0 Å². The summed E-state index contributed by atoms with van der Waals surface area (Å²) in [5.41, 5.74) is 3.50. The Morgan fingerprint density at radius 2 is 1.62 bits per heavy atom. The highest BCUT2D eigenvalue weighted by atomic mass is 32.2. The molecule has 8 aliphatic rings. The highest BCUT2D eigenvalue weighted by Crippen LogP contribution is 2.59. The maximum Gasteiger partial charge on any atom is 0.272 e. The largest absolute Gasteiger partial charge is 0.390 e. The first-order valence-corrected chi connectivity index (χ1v) is 15.1. The number of sulfone groups is 1. The van der Waals surface area contributed by atoms with E-state index < -0.39 is 15.4 Å². The fourth-order valence-electron chi connectivity index (χ4n) is 9.05. The number of nitrogens with zero attached hydrogens (tertiary/aromatic N) is 2. The first-order valence-electron chi connectivity index (χ1n) is 13.2. The van der Waals surface area contributed by atoms with Crippen LogP contribution in [0.5, 0.6) is 0 Å². The molecule has 8 heteroatoms. The van der Waals surface area contributed by atoms with Gasteiger partial charge in [-0.1, -0.05) is 0 Å². The van der Waals surface area contributed by atoms with Crippen molar-refractivity contribution in [3.63, 3.8) is 0 Å². The number of pyridine rings is 1. The summed E-state index contributed by atoms with van der Waals surface area (Å²) in [6, 6.07) is 0. The molecule has 5 saturated carbocycles. The van der Waals surface area contributed by atoms with E-state index in [1.165, 1.54) is 12.0 Å². The minimum Gasteiger partial charge on any atom is -0.390 e. The average molecular weight is 486 g/mol. The maximum atomic E-state index is 13.5. The topological polar surface area (TPSA) is 99.6 Å². The van der Waals surface area contributed by atoms with Gasteiger partial charge in [0.1, 0.15) is 5.69 Å². The zero-order chi connectivity index (χ0) is 23.3. The zero-order valence-corrected chi connectivity index (χ0v) is 20.6. The molecule has 2 atom stereocenters. The second-order valence-electron chi connectivity index (χ2n) is 12.4. The molecule has 7 nitrogen and oxygen atoms in total. The van der Waals surface area contributed by atoms with Crippen LogP contribution in [0.15, 0.2) is 6.20 Å². The van der Waals surface area contributed by atoms with Gasteiger partial charge in [0.05, 0.1) is 29.0 Å². The van der Waals surface area contributed by atoms with E-state index in [4.69, 9.17) is 4.98 Å². The van der Waals surface area contributed by atoms with Gasteiger partial charge in [-0.25, -0.2) is 13.4 Å². The minimum atomic E-state index is -3.04. The molecule has 2 heterocycles. The monoisotopic (exact) mass is 485 g/mol. The van der Waals surface area contributed by atoms with E-state index in [9.17, 15) is 18.3 Å². The lowest BCUT2D eigenvalue weighted by Gasteiger charge is -2.60. The fourth-order valence-corrected chi connectivity index (χ4v) is 10.2. The Morgan fingerprint density at radius 3 is 2.24 bits per heavy atom. The highest BCUT2D eigenvalue weighted by Gasteiger charge is 2.57. The maximum absolute atomic E-state index is 13.5. The Morgan fingerprint density at radius 1 is 1.00 bits per heavy atom. The summed E-state index contributed by atoms with van der Waals surface area (Å²) in [5, 5.41) is 15.2. The van der Waals surface area contributed by atoms with Gasteiger partial charge >= 0.3 is 0 Å². The molecule has 1 aromatic rings. The quantitative estimate of drug-likeness (QED) is 0.682. The van der Waals surface area contributed by atoms with Crippen molar-refractivity contribution in [3.8, 4) is 0 Å². The summed E-state index contributed by atoms with van der Waals surface area (Å²) in [6.07, 6.45) is 12.6. The number of hydrogen-bond acceptors (Lipinski definition) is 6. The van der Waals surface area contributed by atoms with Crippen LogP contribution in [0.1, 0.15) is 97.7 Å². The molecule has 34 heavy (non-hydrogen) atoms. The molecule has 0 aromatic carbocycles. The van der Waals surface area contributed by atoms with E-state index in [-0.39, 0.29) is 36.0 Å². The van der Waals surface area contributed by atoms with E-state index in [1.807, 2.05) is 6.20 Å². The molecule has 9 rings (SSSR count). The molecule has 1 saturated heterocycles. The van der Waals surface area contributed by atoms with Crippen molar-refractivity contribution in [1.29, 1.82) is 0 Å². The van der Waals surface area contributed by atoms with Gasteiger partial charge in [-0.2, -0.15) is 0 Å². The van der Waals surface area contributed by atoms with E-state index in [2.05, 4.69) is 5.32 Å². The van der Waals surface area contributed by atoms with Crippen molar-refractivity contribution in [1.82, 2.24) is 9.88 Å². The number of amides is 1. The van der Waals surface area contributed by atoms with Crippen molar-refractivity contribution in [2.24, 2.45) is 11.8 Å². The third-order valence-corrected chi connectivity index (χ3v) is 11.6. The molecule has 6 fully saturated rings. The van der Waals surface area contributed by atoms with Gasteiger partial charge in [-0.3, -0.25) is 4.79 Å². The minimum absolute atomic E-state index is 0.0420. The summed E-state index contributed by atoms with van der Waals surface area (Å²) < 4.78 is 23.8. The van der Waals surface area contributed by atoms with Crippen molar-refractivity contribution >= 4 is 21.4 Å². The van der Waals surface area contributed by atoms with Crippen molar-refractivity contribution in [3.05, 3.63) is 23.0 Å². The Bertz CT molecular complexity index is 1130. The number of hydrogen-bond donors (Lipinski definition) is 2. The molecule has 1 aliphatic heterocycles. The van der Waals surface area contributed by atoms with Crippen LogP contribution in [0.3, 0.4) is 0 Å². The van der Waals surface area contributed by atoms with Gasteiger partial charge in [0.2, 0.25) is 0 Å². The van der Waals surface area contributed by atoms with Gasteiger partial charge in [0, 0.05) is 18.6 Å². The Balaban J connectivity index is 1.25. The number of rotatable bonds is 3. The normalized spacial score (nSPS) is 41.4. The third-order valence-electron chi connectivity index (χ3n) is 9.97. The van der Waals surface area contributed by atoms with Crippen LogP contribution in [0, 0.1) is 11.8 Å². The number of carbonyl (C=O) groups is 1. The molecule has 1 amide bonds. The second kappa shape index (κ2) is 7.19. The molecule has 2 unspecified atom stereocenters. The van der Waals surface area contributed by atoms with Crippen LogP contribution in [-0.4, -0.2) is 65.1 Å². The van der Waals surface area contributed by atoms with Gasteiger partial charge in [0.25, 0.3) is 5.91 Å². The predicted octanol–water partition coefficient (Wildman–Crippen LogP) is 3.20. The Hall–Kier alpha value is -1.67. The second-order valence-corrected chi connectivity index (χ2v) is 14.7. The predicted molar refractivity (Wildman–Crippen MR) is 129 cm³/mol. The summed E-state index contributed by atoms with van der Waals surface area (Å²) in [5.74, 6) is 2.01. The molecule has 184 valence electrons. The van der Waals surface area contributed by atoms with E-state index >= 15 is 0 Å². The van der Waals surface area contributed by atoms with Gasteiger partial charge in [-0.15, -0.1) is 0 Å². The zero-order valence-electron chi connectivity index (χ0n) is 19.8. The summed E-state index contributed by atoms with van der Waals surface area (Å²) >= 11 is 0. The smallest absolute Gasteiger partial charge is 0.272 e. The number of aliphatic hydroxyl groups is 1. The van der Waals surface area contributed by atoms with Crippen LogP contribution < -0.4 is 5.32 Å². The first kappa shape index (κ1) is 21.6. The SMILES string of the molecule is O=C(c1ncc(NC23CC4CC(CC(O)(C4)C2)C3)c2c1C1CCC2CC1)N1CCS(=O)(=O)CC1. The molecule has 7 aliphatic carbocycles. The van der Waals surface area contributed by atoms with Crippen molar-refractivity contribution < 1.29 is 18.3 Å². The molecule has 1 aromatic heterocycles. The lowest BCUT2D eigenvalue weighted by Crippen LogP contribution is -2.62. The fraction of sp³-hybridized carbons (Fsp3) is 0.769.